The third kappa shape index (κ3) is 5.55. The Kier molecular flexibility index (Phi) is 6.78. The third-order valence-corrected chi connectivity index (χ3v) is 6.07. The molecule has 0 aliphatic heterocycles. The van der Waals surface area contributed by atoms with Crippen molar-refractivity contribution in [1.82, 2.24) is 0 Å². The highest BCUT2D eigenvalue weighted by Gasteiger charge is 2.19. The van der Waals surface area contributed by atoms with Gasteiger partial charge in [-0.1, -0.05) is 23.8 Å². The number of rotatable bonds is 8. The van der Waals surface area contributed by atoms with Crippen molar-refractivity contribution in [1.29, 1.82) is 0 Å². The first-order valence-electron chi connectivity index (χ1n) is 9.58. The number of carbonyl (C=O) groups is 1. The summed E-state index contributed by atoms with van der Waals surface area (Å²) in [5.41, 5.74) is 1.24. The Bertz CT molecular complexity index is 1330. The fourth-order valence-electron chi connectivity index (χ4n) is 2.91. The number of phenols is 1. The van der Waals surface area contributed by atoms with Crippen LogP contribution in [-0.2, 0) is 10.0 Å². The Morgan fingerprint density at radius 3 is 2.30 bits per heavy atom. The number of sulfonamides is 1. The van der Waals surface area contributed by atoms with Crippen molar-refractivity contribution in [3.05, 3.63) is 93.5 Å². The fourth-order valence-corrected chi connectivity index (χ4v) is 3.97. The summed E-state index contributed by atoms with van der Waals surface area (Å²) in [6, 6.07) is 14.7. The third-order valence-electron chi connectivity index (χ3n) is 4.67. The van der Waals surface area contributed by atoms with E-state index in [-0.39, 0.29) is 27.5 Å². The molecule has 0 saturated heterocycles. The summed E-state index contributed by atoms with van der Waals surface area (Å²) in [4.78, 5) is 22.9. The number of ether oxygens (including phenoxy) is 1. The average Bonchev–Trinajstić information content (AvgIpc) is 2.78. The van der Waals surface area contributed by atoms with E-state index in [0.29, 0.717) is 0 Å². The van der Waals surface area contributed by atoms with Crippen molar-refractivity contribution in [3.8, 4) is 11.5 Å². The summed E-state index contributed by atoms with van der Waals surface area (Å²) < 4.78 is 32.3. The van der Waals surface area contributed by atoms with Crippen molar-refractivity contribution in [2.24, 2.45) is 0 Å². The lowest BCUT2D eigenvalue weighted by atomic mass is 10.1. The van der Waals surface area contributed by atoms with Gasteiger partial charge in [0.1, 0.15) is 0 Å². The lowest BCUT2D eigenvalue weighted by Gasteiger charge is -2.09. The van der Waals surface area contributed by atoms with E-state index in [1.54, 1.807) is 12.1 Å². The van der Waals surface area contributed by atoms with Gasteiger partial charge in [-0.3, -0.25) is 19.6 Å². The minimum atomic E-state index is -3.77. The zero-order valence-corrected chi connectivity index (χ0v) is 18.5. The summed E-state index contributed by atoms with van der Waals surface area (Å²) in [6.45, 7) is 1.85. The molecule has 0 amide bonds. The number of aryl methyl sites for hydroxylation is 1. The molecule has 0 unspecified atom stereocenters. The van der Waals surface area contributed by atoms with Crippen LogP contribution in [0.2, 0.25) is 0 Å². The van der Waals surface area contributed by atoms with Crippen LogP contribution in [0.4, 0.5) is 11.4 Å². The Morgan fingerprint density at radius 2 is 1.73 bits per heavy atom. The Hall–Kier alpha value is -4.18. The van der Waals surface area contributed by atoms with Gasteiger partial charge in [0.2, 0.25) is 5.75 Å². The molecule has 2 N–H and O–H groups in total. The maximum atomic E-state index is 12.5. The number of hydrogen-bond acceptors (Lipinski definition) is 7. The molecule has 3 aromatic carbocycles. The largest absolute Gasteiger partial charge is 0.500 e. The van der Waals surface area contributed by atoms with Gasteiger partial charge in [-0.15, -0.1) is 0 Å². The molecule has 0 fully saturated rings. The van der Waals surface area contributed by atoms with E-state index in [4.69, 9.17) is 4.74 Å². The molecule has 33 heavy (non-hydrogen) atoms. The van der Waals surface area contributed by atoms with Crippen LogP contribution in [0.15, 0.2) is 71.6 Å². The van der Waals surface area contributed by atoms with Gasteiger partial charge in [-0.05, 0) is 61.0 Å². The number of nitro benzene ring substituents is 1. The first kappa shape index (κ1) is 23.5. The van der Waals surface area contributed by atoms with Crippen molar-refractivity contribution in [2.45, 2.75) is 11.8 Å². The van der Waals surface area contributed by atoms with Crippen molar-refractivity contribution >= 4 is 33.3 Å². The monoisotopic (exact) mass is 468 g/mol. The summed E-state index contributed by atoms with van der Waals surface area (Å²) in [5.74, 6) is -1.10. The van der Waals surface area contributed by atoms with Crippen LogP contribution in [0.25, 0.3) is 6.08 Å². The summed E-state index contributed by atoms with van der Waals surface area (Å²) >= 11 is 0. The molecule has 0 atom stereocenters. The zero-order valence-electron chi connectivity index (χ0n) is 17.7. The highest BCUT2D eigenvalue weighted by atomic mass is 32.2. The Morgan fingerprint density at radius 1 is 1.09 bits per heavy atom. The van der Waals surface area contributed by atoms with Gasteiger partial charge < -0.3 is 9.84 Å². The molecule has 10 heteroatoms. The summed E-state index contributed by atoms with van der Waals surface area (Å²) in [7, 11) is -2.51. The van der Waals surface area contributed by atoms with E-state index >= 15 is 0 Å². The average molecular weight is 468 g/mol. The Labute approximate surface area is 190 Å². The molecule has 0 aromatic heterocycles. The van der Waals surface area contributed by atoms with Gasteiger partial charge in [-0.2, -0.15) is 0 Å². The van der Waals surface area contributed by atoms with E-state index in [1.807, 2.05) is 6.92 Å². The molecular weight excluding hydrogens is 448 g/mol. The van der Waals surface area contributed by atoms with Crippen LogP contribution >= 0.6 is 0 Å². The molecule has 0 aliphatic carbocycles. The molecule has 0 radical (unpaired) electrons. The Balaban J connectivity index is 1.76. The second-order valence-corrected chi connectivity index (χ2v) is 8.72. The number of nitro groups is 1. The standard InChI is InChI=1S/C23H20N2O7S/c1-15-3-10-19(11-4-15)33(30,31)24-18-8-6-17(7-9-18)21(26)12-5-16-13-20(25(28)29)23(27)22(14-16)32-2/h3-14,24,27H,1-2H3/b12-5+. The van der Waals surface area contributed by atoms with Gasteiger partial charge in [0.15, 0.2) is 11.5 Å². The first-order chi connectivity index (χ1) is 15.6. The number of anilines is 1. The van der Waals surface area contributed by atoms with Crippen molar-refractivity contribution in [2.75, 3.05) is 11.8 Å². The number of nitrogens with one attached hydrogen (secondary N) is 1. The maximum absolute atomic E-state index is 12.5. The molecule has 0 spiro atoms. The molecule has 0 saturated carbocycles. The smallest absolute Gasteiger partial charge is 0.315 e. The first-order valence-corrected chi connectivity index (χ1v) is 11.1. The molecule has 170 valence electrons. The van der Waals surface area contributed by atoms with Gasteiger partial charge in [0.25, 0.3) is 10.0 Å². The SMILES string of the molecule is COc1cc(/C=C/C(=O)c2ccc(NS(=O)(=O)c3ccc(C)cc3)cc2)cc([N+](=O)[O-])c1O. The van der Waals surface area contributed by atoms with Crippen LogP contribution in [0.5, 0.6) is 11.5 Å². The van der Waals surface area contributed by atoms with Crippen LogP contribution in [0.3, 0.4) is 0 Å². The normalized spacial score (nSPS) is 11.3. The molecular formula is C23H20N2O7S. The maximum Gasteiger partial charge on any atom is 0.315 e. The minimum Gasteiger partial charge on any atom is -0.500 e. The second kappa shape index (κ2) is 9.53. The minimum absolute atomic E-state index is 0.0958. The number of benzene rings is 3. The van der Waals surface area contributed by atoms with Crippen molar-refractivity contribution < 1.29 is 28.0 Å². The summed E-state index contributed by atoms with van der Waals surface area (Å²) in [6.07, 6.45) is 2.56. The molecule has 0 bridgehead atoms. The predicted molar refractivity (Wildman–Crippen MR) is 123 cm³/mol. The highest BCUT2D eigenvalue weighted by molar-refractivity contribution is 7.92. The topological polar surface area (TPSA) is 136 Å². The van der Waals surface area contributed by atoms with E-state index in [9.17, 15) is 28.4 Å². The number of carbonyl (C=O) groups excluding carboxylic acids is 1. The second-order valence-electron chi connectivity index (χ2n) is 7.04. The number of ketones is 1. The van der Waals surface area contributed by atoms with E-state index in [2.05, 4.69) is 4.72 Å². The zero-order chi connectivity index (χ0) is 24.2. The van der Waals surface area contributed by atoms with E-state index in [0.717, 1.165) is 11.6 Å². The lowest BCUT2D eigenvalue weighted by molar-refractivity contribution is -0.386. The van der Waals surface area contributed by atoms with Gasteiger partial charge in [0.05, 0.1) is 16.9 Å². The van der Waals surface area contributed by atoms with Gasteiger partial charge >= 0.3 is 5.69 Å². The van der Waals surface area contributed by atoms with Crippen LogP contribution in [0.1, 0.15) is 21.5 Å². The molecule has 9 nitrogen and oxygen atoms in total. The number of phenolic OH excluding ortho intramolecular Hbond substituents is 1. The number of nitrogens with zero attached hydrogens (tertiary/aromatic N) is 1. The quantitative estimate of drug-likeness (QED) is 0.217. The number of allylic oxidation sites excluding steroid dienone is 1. The molecule has 0 heterocycles. The number of aromatic hydroxyl groups is 1. The number of methoxy groups -OCH3 is 1. The molecule has 3 aromatic rings. The van der Waals surface area contributed by atoms with Gasteiger partial charge in [-0.25, -0.2) is 8.42 Å². The van der Waals surface area contributed by atoms with E-state index in [1.165, 1.54) is 61.7 Å². The lowest BCUT2D eigenvalue weighted by Crippen LogP contribution is -2.13. The highest BCUT2D eigenvalue weighted by Crippen LogP contribution is 2.37. The van der Waals surface area contributed by atoms with Crippen LogP contribution in [0, 0.1) is 17.0 Å². The fraction of sp³-hybridized carbons (Fsp3) is 0.0870. The predicted octanol–water partition coefficient (Wildman–Crippen LogP) is 4.31. The van der Waals surface area contributed by atoms with Crippen LogP contribution < -0.4 is 9.46 Å². The number of hydrogen-bond donors (Lipinski definition) is 2. The molecule has 3 rings (SSSR count). The van der Waals surface area contributed by atoms with Gasteiger partial charge in [0, 0.05) is 17.3 Å². The molecule has 0 aliphatic rings. The van der Waals surface area contributed by atoms with Crippen molar-refractivity contribution in [3.63, 3.8) is 0 Å². The van der Waals surface area contributed by atoms with Crippen LogP contribution in [-0.4, -0.2) is 31.3 Å². The summed E-state index contributed by atoms with van der Waals surface area (Å²) in [5, 5.41) is 20.9. The van der Waals surface area contributed by atoms with E-state index < -0.39 is 32.2 Å².